The van der Waals surface area contributed by atoms with Crippen LogP contribution in [0.2, 0.25) is 0 Å². The monoisotopic (exact) mass is 474 g/mol. The molecule has 0 aromatic carbocycles. The molecule has 4 heteroatoms. The van der Waals surface area contributed by atoms with Gasteiger partial charge in [-0.3, -0.25) is 4.79 Å². The molecule has 2 bridgehead atoms. The molecule has 194 valence electrons. The predicted molar refractivity (Wildman–Crippen MR) is 134 cm³/mol. The number of hydrogen-bond acceptors (Lipinski definition) is 4. The normalized spacial score (nSPS) is 54.4. The van der Waals surface area contributed by atoms with Crippen molar-refractivity contribution in [3.05, 3.63) is 0 Å². The van der Waals surface area contributed by atoms with Gasteiger partial charge < -0.3 is 14.9 Å². The second kappa shape index (κ2) is 7.46. The second-order valence-electron chi connectivity index (χ2n) is 15.1. The zero-order valence-electron chi connectivity index (χ0n) is 22.9. The minimum absolute atomic E-state index is 0.0153. The summed E-state index contributed by atoms with van der Waals surface area (Å²) in [5, 5.41) is 20.7. The van der Waals surface area contributed by atoms with Crippen LogP contribution in [-0.4, -0.2) is 35.0 Å². The highest BCUT2D eigenvalue weighted by atomic mass is 16.6. The summed E-state index contributed by atoms with van der Waals surface area (Å²) in [6, 6.07) is 0. The third kappa shape index (κ3) is 2.88. The van der Waals surface area contributed by atoms with Crippen LogP contribution < -0.4 is 0 Å². The van der Waals surface area contributed by atoms with Gasteiger partial charge >= 0.3 is 5.97 Å². The topological polar surface area (TPSA) is 66.8 Å². The van der Waals surface area contributed by atoms with Crippen molar-refractivity contribution in [2.45, 2.75) is 125 Å². The van der Waals surface area contributed by atoms with Gasteiger partial charge in [-0.25, -0.2) is 0 Å². The Balaban J connectivity index is 1.62. The fourth-order valence-corrected chi connectivity index (χ4v) is 11.1. The molecule has 1 saturated heterocycles. The summed E-state index contributed by atoms with van der Waals surface area (Å²) >= 11 is 0. The molecule has 1 heterocycles. The van der Waals surface area contributed by atoms with Crippen molar-refractivity contribution in [2.75, 3.05) is 6.61 Å². The summed E-state index contributed by atoms with van der Waals surface area (Å²) < 4.78 is 6.43. The lowest BCUT2D eigenvalue weighted by Gasteiger charge is -2.71. The highest BCUT2D eigenvalue weighted by Crippen LogP contribution is 2.80. The molecule has 4 saturated carbocycles. The summed E-state index contributed by atoms with van der Waals surface area (Å²) in [5.41, 5.74) is -0.155. The van der Waals surface area contributed by atoms with Crippen LogP contribution in [0.25, 0.3) is 0 Å². The van der Waals surface area contributed by atoms with Gasteiger partial charge in [-0.15, -0.1) is 0 Å². The Morgan fingerprint density at radius 2 is 1.68 bits per heavy atom. The van der Waals surface area contributed by atoms with Gasteiger partial charge in [-0.05, 0) is 111 Å². The fraction of sp³-hybridized carbons (Fsp3) is 0.967. The third-order valence-corrected chi connectivity index (χ3v) is 13.2. The quantitative estimate of drug-likeness (QED) is 0.481. The van der Waals surface area contributed by atoms with E-state index in [1.807, 2.05) is 6.92 Å². The lowest BCUT2D eigenvalue weighted by atomic mass is 9.30. The molecule has 0 amide bonds. The number of rotatable bonds is 4. The number of esters is 1. The summed E-state index contributed by atoms with van der Waals surface area (Å²) in [4.78, 5) is 14.0. The minimum Gasteiger partial charge on any atom is -0.461 e. The average molecular weight is 475 g/mol. The molecule has 1 unspecified atom stereocenters. The second-order valence-corrected chi connectivity index (χ2v) is 15.1. The van der Waals surface area contributed by atoms with Crippen LogP contribution in [0.15, 0.2) is 0 Å². The molecular formula is C30H50O4. The SMILES string of the molecule is CC(O)[C@@]1(C)CC[C@H]2[C@@](C)(CC[C@@]34C(=O)O[C@@H](C[C@@]5(C)CCC(C)(C)C[C@H]53)[C@]24C)[C@@H]1CCCO. The first-order valence-electron chi connectivity index (χ1n) is 14.2. The van der Waals surface area contributed by atoms with Crippen molar-refractivity contribution < 1.29 is 19.7 Å². The Morgan fingerprint density at radius 1 is 0.971 bits per heavy atom. The van der Waals surface area contributed by atoms with Crippen molar-refractivity contribution in [1.29, 1.82) is 0 Å². The van der Waals surface area contributed by atoms with Crippen molar-refractivity contribution in [2.24, 2.45) is 50.2 Å². The van der Waals surface area contributed by atoms with Crippen LogP contribution in [0.3, 0.4) is 0 Å². The predicted octanol–water partition coefficient (Wildman–Crippen LogP) is 6.13. The number of carbonyl (C=O) groups excluding carboxylic acids is 1. The molecule has 34 heavy (non-hydrogen) atoms. The number of aliphatic hydroxyl groups excluding tert-OH is 2. The van der Waals surface area contributed by atoms with E-state index < -0.39 is 0 Å². The maximum atomic E-state index is 14.0. The van der Waals surface area contributed by atoms with E-state index in [9.17, 15) is 15.0 Å². The van der Waals surface area contributed by atoms with Crippen LogP contribution >= 0.6 is 0 Å². The summed E-state index contributed by atoms with van der Waals surface area (Å²) in [7, 11) is 0. The third-order valence-electron chi connectivity index (χ3n) is 13.2. The van der Waals surface area contributed by atoms with Crippen LogP contribution in [-0.2, 0) is 9.53 Å². The maximum Gasteiger partial charge on any atom is 0.313 e. The molecule has 10 atom stereocenters. The molecule has 5 aliphatic rings. The molecule has 2 N–H and O–H groups in total. The Labute approximate surface area is 207 Å². The molecule has 0 aromatic heterocycles. The zero-order valence-corrected chi connectivity index (χ0v) is 22.9. The van der Waals surface area contributed by atoms with Crippen LogP contribution in [0.4, 0.5) is 0 Å². The van der Waals surface area contributed by atoms with Gasteiger partial charge in [0.15, 0.2) is 0 Å². The first-order valence-corrected chi connectivity index (χ1v) is 14.2. The average Bonchev–Trinajstić information content (AvgIpc) is 2.89. The number of fused-ring (bicyclic) bond motifs is 2. The number of aliphatic hydroxyl groups is 2. The van der Waals surface area contributed by atoms with Gasteiger partial charge in [0.05, 0.1) is 11.5 Å². The summed E-state index contributed by atoms with van der Waals surface area (Å²) in [6.07, 6.45) is 9.96. The van der Waals surface area contributed by atoms with Crippen molar-refractivity contribution in [3.8, 4) is 0 Å². The molecule has 0 spiro atoms. The van der Waals surface area contributed by atoms with Gasteiger partial charge in [0, 0.05) is 12.0 Å². The van der Waals surface area contributed by atoms with E-state index in [2.05, 4.69) is 41.5 Å². The summed E-state index contributed by atoms with van der Waals surface area (Å²) in [5.74, 6) is 1.26. The van der Waals surface area contributed by atoms with E-state index in [1.54, 1.807) is 0 Å². The number of hydrogen-bond donors (Lipinski definition) is 2. The van der Waals surface area contributed by atoms with E-state index in [-0.39, 0.29) is 57.3 Å². The van der Waals surface area contributed by atoms with Gasteiger partial charge in [0.25, 0.3) is 0 Å². The Hall–Kier alpha value is -0.610. The molecular weight excluding hydrogens is 424 g/mol. The number of carbonyl (C=O) groups is 1. The minimum atomic E-state index is -0.374. The lowest BCUT2D eigenvalue weighted by molar-refractivity contribution is -0.250. The molecule has 0 radical (unpaired) electrons. The largest absolute Gasteiger partial charge is 0.461 e. The first kappa shape index (κ1) is 25.1. The van der Waals surface area contributed by atoms with Crippen molar-refractivity contribution in [3.63, 3.8) is 0 Å². The van der Waals surface area contributed by atoms with E-state index in [1.165, 1.54) is 12.8 Å². The van der Waals surface area contributed by atoms with Gasteiger partial charge in [0.1, 0.15) is 6.10 Å². The smallest absolute Gasteiger partial charge is 0.313 e. The Bertz CT molecular complexity index is 851. The van der Waals surface area contributed by atoms with Crippen LogP contribution in [0, 0.1) is 50.2 Å². The Kier molecular flexibility index (Phi) is 5.50. The highest BCUT2D eigenvalue weighted by molar-refractivity contribution is 5.82. The molecule has 4 aliphatic carbocycles. The molecule has 1 aliphatic heterocycles. The highest BCUT2D eigenvalue weighted by Gasteiger charge is 2.80. The molecule has 5 rings (SSSR count). The maximum absolute atomic E-state index is 14.0. The zero-order chi connectivity index (χ0) is 24.9. The van der Waals surface area contributed by atoms with E-state index in [0.29, 0.717) is 17.8 Å². The van der Waals surface area contributed by atoms with Crippen LogP contribution in [0.5, 0.6) is 0 Å². The standard InChI is InChI=1S/C30H50O4/c1-19(32)27(5)11-10-21-28(6,20(27)9-8-16-31)14-15-30-22-17-25(2,3)12-13-26(22,4)18-23(29(21,30)7)34-24(30)33/h19-23,31-32H,8-18H2,1-7H3/t19?,20-,21+,22-,23+,26-,27-,28+,29+,30+/m1/s1. The lowest BCUT2D eigenvalue weighted by Crippen LogP contribution is -2.70. The van der Waals surface area contributed by atoms with E-state index in [4.69, 9.17) is 4.74 Å². The molecule has 4 nitrogen and oxygen atoms in total. The van der Waals surface area contributed by atoms with Crippen LogP contribution in [0.1, 0.15) is 113 Å². The van der Waals surface area contributed by atoms with Crippen molar-refractivity contribution in [1.82, 2.24) is 0 Å². The van der Waals surface area contributed by atoms with Gasteiger partial charge in [0.2, 0.25) is 0 Å². The summed E-state index contributed by atoms with van der Waals surface area (Å²) in [6.45, 7) is 16.6. The van der Waals surface area contributed by atoms with Crippen molar-refractivity contribution >= 4 is 5.97 Å². The van der Waals surface area contributed by atoms with E-state index in [0.717, 1.165) is 51.4 Å². The Morgan fingerprint density at radius 3 is 2.32 bits per heavy atom. The molecule has 0 aromatic rings. The molecule has 5 fully saturated rings. The van der Waals surface area contributed by atoms with Gasteiger partial charge in [-0.1, -0.05) is 41.5 Å². The fourth-order valence-electron chi connectivity index (χ4n) is 11.1. The van der Waals surface area contributed by atoms with Gasteiger partial charge in [-0.2, -0.15) is 0 Å². The first-order chi connectivity index (χ1) is 15.7. The number of ether oxygens (including phenoxy) is 1. The van der Waals surface area contributed by atoms with E-state index >= 15 is 0 Å².